The maximum Gasteiger partial charge on any atom is 0.240 e. The van der Waals surface area contributed by atoms with E-state index < -0.39 is 10.0 Å². The average Bonchev–Trinajstić information content (AvgIpc) is 2.72. The van der Waals surface area contributed by atoms with Crippen molar-refractivity contribution in [2.75, 3.05) is 0 Å². The Morgan fingerprint density at radius 3 is 2.24 bits per heavy atom. The molecule has 0 spiro atoms. The second-order valence-electron chi connectivity index (χ2n) is 7.60. The van der Waals surface area contributed by atoms with Gasteiger partial charge in [0, 0.05) is 6.04 Å². The molecule has 2 bridgehead atoms. The van der Waals surface area contributed by atoms with Gasteiger partial charge >= 0.3 is 0 Å². The van der Waals surface area contributed by atoms with Gasteiger partial charge in [-0.1, -0.05) is 38.5 Å². The molecule has 0 amide bonds. The molecule has 0 aliphatic heterocycles. The standard InChI is InChI=1S/C17H25NO2S/c1-12-5-7-14(8-6-12)21(19,20)18-15-11-13-9-10-17(15,4)16(13,2)3/h5-8,13,15,18H,9-11H2,1-4H3/t13?,15-,17?/m0/s1. The smallest absolute Gasteiger partial charge is 0.207 e. The minimum atomic E-state index is -3.42. The first kappa shape index (κ1) is 15.0. The molecular weight excluding hydrogens is 282 g/mol. The van der Waals surface area contributed by atoms with Crippen LogP contribution in [0.1, 0.15) is 45.6 Å². The first-order chi connectivity index (χ1) is 9.67. The zero-order valence-electron chi connectivity index (χ0n) is 13.3. The van der Waals surface area contributed by atoms with E-state index in [1.165, 1.54) is 6.42 Å². The molecule has 0 saturated heterocycles. The van der Waals surface area contributed by atoms with Crippen molar-refractivity contribution < 1.29 is 8.42 Å². The maximum atomic E-state index is 12.6. The van der Waals surface area contributed by atoms with Crippen molar-refractivity contribution >= 4 is 10.0 Å². The topological polar surface area (TPSA) is 46.2 Å². The number of rotatable bonds is 3. The summed E-state index contributed by atoms with van der Waals surface area (Å²) < 4.78 is 28.2. The Bertz CT molecular complexity index is 648. The summed E-state index contributed by atoms with van der Waals surface area (Å²) in [7, 11) is -3.42. The highest BCUT2D eigenvalue weighted by atomic mass is 32.2. The molecule has 21 heavy (non-hydrogen) atoms. The summed E-state index contributed by atoms with van der Waals surface area (Å²) in [6.45, 7) is 8.81. The fourth-order valence-corrected chi connectivity index (χ4v) is 5.72. The van der Waals surface area contributed by atoms with Gasteiger partial charge in [-0.2, -0.15) is 0 Å². The van der Waals surface area contributed by atoms with Crippen molar-refractivity contribution in [1.29, 1.82) is 0 Å². The fourth-order valence-electron chi connectivity index (χ4n) is 4.35. The van der Waals surface area contributed by atoms with Gasteiger partial charge in [-0.3, -0.25) is 0 Å². The lowest BCUT2D eigenvalue weighted by Crippen LogP contribution is -2.46. The van der Waals surface area contributed by atoms with E-state index in [2.05, 4.69) is 25.5 Å². The number of fused-ring (bicyclic) bond motifs is 2. The van der Waals surface area contributed by atoms with Crippen LogP contribution in [-0.2, 0) is 10.0 Å². The molecule has 3 nitrogen and oxygen atoms in total. The minimum absolute atomic E-state index is 0.0533. The summed E-state index contributed by atoms with van der Waals surface area (Å²) in [5.41, 5.74) is 1.35. The maximum absolute atomic E-state index is 12.6. The van der Waals surface area contributed by atoms with Gasteiger partial charge in [-0.25, -0.2) is 13.1 Å². The third-order valence-electron chi connectivity index (χ3n) is 6.42. The Balaban J connectivity index is 1.86. The van der Waals surface area contributed by atoms with Gasteiger partial charge in [0.1, 0.15) is 0 Å². The SMILES string of the molecule is Cc1ccc(S(=O)(=O)N[C@H]2CC3CCC2(C)C3(C)C)cc1. The molecule has 1 N–H and O–H groups in total. The molecule has 2 aliphatic rings. The van der Waals surface area contributed by atoms with Gasteiger partial charge in [0.25, 0.3) is 0 Å². The number of hydrogen-bond donors (Lipinski definition) is 1. The van der Waals surface area contributed by atoms with E-state index in [0.717, 1.165) is 18.4 Å². The van der Waals surface area contributed by atoms with Gasteiger partial charge in [-0.15, -0.1) is 0 Å². The van der Waals surface area contributed by atoms with Crippen molar-refractivity contribution in [2.45, 2.75) is 57.9 Å². The molecule has 2 unspecified atom stereocenters. The van der Waals surface area contributed by atoms with Gasteiger partial charge in [0.05, 0.1) is 4.90 Å². The van der Waals surface area contributed by atoms with Crippen LogP contribution in [-0.4, -0.2) is 14.5 Å². The van der Waals surface area contributed by atoms with Crippen molar-refractivity contribution in [3.05, 3.63) is 29.8 Å². The van der Waals surface area contributed by atoms with E-state index in [-0.39, 0.29) is 16.9 Å². The Morgan fingerprint density at radius 1 is 1.14 bits per heavy atom. The van der Waals surface area contributed by atoms with Crippen LogP contribution in [0.25, 0.3) is 0 Å². The zero-order chi connectivity index (χ0) is 15.5. The summed E-state index contributed by atoms with van der Waals surface area (Å²) >= 11 is 0. The van der Waals surface area contributed by atoms with Crippen LogP contribution >= 0.6 is 0 Å². The number of nitrogens with one attached hydrogen (secondary N) is 1. The van der Waals surface area contributed by atoms with Gasteiger partial charge in [0.2, 0.25) is 10.0 Å². The minimum Gasteiger partial charge on any atom is -0.207 e. The second-order valence-corrected chi connectivity index (χ2v) is 9.31. The molecule has 116 valence electrons. The number of benzene rings is 1. The normalized spacial score (nSPS) is 34.3. The molecule has 1 aromatic rings. The van der Waals surface area contributed by atoms with Crippen molar-refractivity contribution in [2.24, 2.45) is 16.7 Å². The fraction of sp³-hybridized carbons (Fsp3) is 0.647. The molecule has 2 fully saturated rings. The van der Waals surface area contributed by atoms with Crippen LogP contribution in [0.15, 0.2) is 29.2 Å². The third kappa shape index (κ3) is 2.15. The Hall–Kier alpha value is -0.870. The Kier molecular flexibility index (Phi) is 3.27. The molecule has 3 atom stereocenters. The average molecular weight is 307 g/mol. The number of hydrogen-bond acceptors (Lipinski definition) is 2. The van der Waals surface area contributed by atoms with E-state index in [4.69, 9.17) is 0 Å². The van der Waals surface area contributed by atoms with Crippen LogP contribution in [0, 0.1) is 23.7 Å². The Labute approximate surface area is 128 Å². The predicted octanol–water partition coefficient (Wildman–Crippen LogP) is 3.49. The summed E-state index contributed by atoms with van der Waals surface area (Å²) in [4.78, 5) is 0.372. The van der Waals surface area contributed by atoms with Crippen LogP contribution in [0.4, 0.5) is 0 Å². The summed E-state index contributed by atoms with van der Waals surface area (Å²) in [5, 5.41) is 0. The first-order valence-electron chi connectivity index (χ1n) is 7.76. The van der Waals surface area contributed by atoms with E-state index in [1.54, 1.807) is 12.1 Å². The molecule has 0 aromatic heterocycles. The van der Waals surface area contributed by atoms with Crippen LogP contribution in [0.5, 0.6) is 0 Å². The highest BCUT2D eigenvalue weighted by Crippen LogP contribution is 2.65. The monoisotopic (exact) mass is 307 g/mol. The van der Waals surface area contributed by atoms with Crippen LogP contribution in [0.3, 0.4) is 0 Å². The van der Waals surface area contributed by atoms with E-state index in [1.807, 2.05) is 19.1 Å². The number of sulfonamides is 1. The highest BCUT2D eigenvalue weighted by molar-refractivity contribution is 7.89. The lowest BCUT2D eigenvalue weighted by Gasteiger charge is -2.39. The molecule has 1 aromatic carbocycles. The van der Waals surface area contributed by atoms with Gasteiger partial charge in [-0.05, 0) is 55.1 Å². The Morgan fingerprint density at radius 2 is 1.76 bits per heavy atom. The van der Waals surface area contributed by atoms with Crippen LogP contribution < -0.4 is 4.72 Å². The number of aryl methyl sites for hydroxylation is 1. The lowest BCUT2D eigenvalue weighted by molar-refractivity contribution is 0.130. The molecule has 0 radical (unpaired) electrons. The third-order valence-corrected chi connectivity index (χ3v) is 7.91. The molecule has 0 heterocycles. The van der Waals surface area contributed by atoms with Gasteiger partial charge < -0.3 is 0 Å². The highest BCUT2D eigenvalue weighted by Gasteiger charge is 2.61. The summed E-state index contributed by atoms with van der Waals surface area (Å²) in [5.74, 6) is 0.633. The molecule has 2 saturated carbocycles. The van der Waals surface area contributed by atoms with Crippen molar-refractivity contribution in [3.63, 3.8) is 0 Å². The van der Waals surface area contributed by atoms with Crippen LogP contribution in [0.2, 0.25) is 0 Å². The van der Waals surface area contributed by atoms with Gasteiger partial charge in [0.15, 0.2) is 0 Å². The van der Waals surface area contributed by atoms with E-state index in [0.29, 0.717) is 10.8 Å². The zero-order valence-corrected chi connectivity index (χ0v) is 14.1. The quantitative estimate of drug-likeness (QED) is 0.929. The lowest BCUT2D eigenvalue weighted by atomic mass is 9.69. The first-order valence-corrected chi connectivity index (χ1v) is 9.24. The molecular formula is C17H25NO2S. The summed E-state index contributed by atoms with van der Waals surface area (Å²) in [6.07, 6.45) is 3.31. The van der Waals surface area contributed by atoms with Crippen molar-refractivity contribution in [1.82, 2.24) is 4.72 Å². The molecule has 3 rings (SSSR count). The molecule has 4 heteroatoms. The van der Waals surface area contributed by atoms with E-state index in [9.17, 15) is 8.42 Å². The van der Waals surface area contributed by atoms with E-state index >= 15 is 0 Å². The molecule has 2 aliphatic carbocycles. The van der Waals surface area contributed by atoms with Crippen molar-refractivity contribution in [3.8, 4) is 0 Å². The predicted molar refractivity (Wildman–Crippen MR) is 84.5 cm³/mol. The second kappa shape index (κ2) is 4.56. The largest absolute Gasteiger partial charge is 0.240 e. The summed E-state index contributed by atoms with van der Waals surface area (Å²) in [6, 6.07) is 7.14.